The number of rotatable bonds is 2. The van der Waals surface area contributed by atoms with E-state index >= 15 is 0 Å². The fourth-order valence-corrected chi connectivity index (χ4v) is 2.90. The molecule has 1 saturated heterocycles. The molecule has 0 atom stereocenters. The average Bonchev–Trinajstić information content (AvgIpc) is 2.98. The molecule has 1 aromatic heterocycles. The van der Waals surface area contributed by atoms with Crippen molar-refractivity contribution in [3.05, 3.63) is 59.0 Å². The van der Waals surface area contributed by atoms with Gasteiger partial charge in [-0.15, -0.1) is 0 Å². The van der Waals surface area contributed by atoms with E-state index in [1.54, 1.807) is 46.2 Å². The summed E-state index contributed by atoms with van der Waals surface area (Å²) < 4.78 is 5.16. The van der Waals surface area contributed by atoms with Gasteiger partial charge in [-0.2, -0.15) is 0 Å². The molecule has 0 unspecified atom stereocenters. The highest BCUT2D eigenvalue weighted by Crippen LogP contribution is 2.18. The monoisotopic (exact) mass is 332 g/mol. The molecule has 0 N–H and O–H groups in total. The van der Waals surface area contributed by atoms with Crippen molar-refractivity contribution in [1.82, 2.24) is 9.80 Å². The molecule has 3 rings (SSSR count). The zero-order chi connectivity index (χ0) is 16.2. The van der Waals surface area contributed by atoms with Crippen LogP contribution >= 0.6 is 11.6 Å². The molecule has 0 aliphatic carbocycles. The lowest BCUT2D eigenvalue weighted by molar-refractivity contribution is 0.0700. The van der Waals surface area contributed by atoms with Gasteiger partial charge in [0.15, 0.2) is 5.76 Å². The summed E-state index contributed by atoms with van der Waals surface area (Å²) in [7, 11) is 0. The molecule has 120 valence electrons. The number of nitrogens with zero attached hydrogens (tertiary/aromatic N) is 2. The van der Waals surface area contributed by atoms with E-state index in [9.17, 15) is 9.59 Å². The van der Waals surface area contributed by atoms with E-state index in [0.29, 0.717) is 42.5 Å². The minimum atomic E-state index is -0.137. The van der Waals surface area contributed by atoms with Gasteiger partial charge in [-0.1, -0.05) is 23.7 Å². The standard InChI is InChI=1S/C17H17ClN2O3/c18-14-6-2-1-5-13(14)16(21)19-8-4-9-20(11-10-19)17(22)15-7-3-12-23-15/h1-3,5-7,12H,4,8-11H2. The molecule has 6 heteroatoms. The Morgan fingerprint density at radius 1 is 0.913 bits per heavy atom. The number of halogens is 1. The van der Waals surface area contributed by atoms with Crippen LogP contribution in [0.1, 0.15) is 27.3 Å². The Morgan fingerprint density at radius 3 is 2.26 bits per heavy atom. The Kier molecular flexibility index (Phi) is 4.67. The van der Waals surface area contributed by atoms with E-state index in [2.05, 4.69) is 0 Å². The minimum absolute atomic E-state index is 0.0945. The minimum Gasteiger partial charge on any atom is -0.459 e. The van der Waals surface area contributed by atoms with E-state index in [-0.39, 0.29) is 11.8 Å². The zero-order valence-electron chi connectivity index (χ0n) is 12.6. The van der Waals surface area contributed by atoms with E-state index in [0.717, 1.165) is 6.42 Å². The van der Waals surface area contributed by atoms with Gasteiger partial charge in [0, 0.05) is 26.2 Å². The molecule has 23 heavy (non-hydrogen) atoms. The maximum absolute atomic E-state index is 12.6. The molecule has 0 saturated carbocycles. The summed E-state index contributed by atoms with van der Waals surface area (Å²) in [6, 6.07) is 10.4. The second-order valence-corrected chi connectivity index (χ2v) is 5.80. The Labute approximate surface area is 139 Å². The molecule has 1 aliphatic rings. The first-order valence-corrected chi connectivity index (χ1v) is 7.91. The normalized spacial score (nSPS) is 15.3. The number of carbonyl (C=O) groups excluding carboxylic acids is 2. The van der Waals surface area contributed by atoms with Crippen LogP contribution in [-0.2, 0) is 0 Å². The van der Waals surface area contributed by atoms with Crippen LogP contribution in [0.4, 0.5) is 0 Å². The largest absolute Gasteiger partial charge is 0.459 e. The summed E-state index contributed by atoms with van der Waals surface area (Å²) in [4.78, 5) is 28.4. The number of benzene rings is 1. The van der Waals surface area contributed by atoms with Crippen LogP contribution in [0, 0.1) is 0 Å². The molecular formula is C17H17ClN2O3. The SMILES string of the molecule is O=C(c1ccco1)N1CCCN(C(=O)c2ccccc2Cl)CC1. The molecule has 0 bridgehead atoms. The van der Waals surface area contributed by atoms with Gasteiger partial charge < -0.3 is 14.2 Å². The van der Waals surface area contributed by atoms with Gasteiger partial charge in [-0.3, -0.25) is 9.59 Å². The fraction of sp³-hybridized carbons (Fsp3) is 0.294. The second kappa shape index (κ2) is 6.87. The second-order valence-electron chi connectivity index (χ2n) is 5.40. The van der Waals surface area contributed by atoms with Crippen LogP contribution in [0.15, 0.2) is 47.1 Å². The molecular weight excluding hydrogens is 316 g/mol. The smallest absolute Gasteiger partial charge is 0.289 e. The van der Waals surface area contributed by atoms with Crippen LogP contribution in [0.25, 0.3) is 0 Å². The molecule has 5 nitrogen and oxygen atoms in total. The predicted octanol–water partition coefficient (Wildman–Crippen LogP) is 2.92. The third-order valence-corrected chi connectivity index (χ3v) is 4.24. The lowest BCUT2D eigenvalue weighted by Crippen LogP contribution is -2.37. The average molecular weight is 333 g/mol. The van der Waals surface area contributed by atoms with Crippen molar-refractivity contribution in [2.45, 2.75) is 6.42 Å². The summed E-state index contributed by atoms with van der Waals surface area (Å²) in [5, 5.41) is 0.449. The maximum Gasteiger partial charge on any atom is 0.289 e. The first kappa shape index (κ1) is 15.6. The van der Waals surface area contributed by atoms with Crippen molar-refractivity contribution in [2.24, 2.45) is 0 Å². The van der Waals surface area contributed by atoms with Crippen molar-refractivity contribution in [3.63, 3.8) is 0 Å². The first-order valence-electron chi connectivity index (χ1n) is 7.53. The van der Waals surface area contributed by atoms with Gasteiger partial charge in [-0.05, 0) is 30.7 Å². The van der Waals surface area contributed by atoms with E-state index in [1.165, 1.54) is 6.26 Å². The molecule has 1 aromatic carbocycles. The van der Waals surface area contributed by atoms with E-state index in [1.807, 2.05) is 0 Å². The van der Waals surface area contributed by atoms with Crippen molar-refractivity contribution in [3.8, 4) is 0 Å². The van der Waals surface area contributed by atoms with Gasteiger partial charge in [0.05, 0.1) is 16.8 Å². The van der Waals surface area contributed by atoms with Crippen molar-refractivity contribution < 1.29 is 14.0 Å². The quantitative estimate of drug-likeness (QED) is 0.849. The Morgan fingerprint density at radius 2 is 1.61 bits per heavy atom. The van der Waals surface area contributed by atoms with Gasteiger partial charge in [-0.25, -0.2) is 0 Å². The van der Waals surface area contributed by atoms with E-state index < -0.39 is 0 Å². The topological polar surface area (TPSA) is 53.8 Å². The van der Waals surface area contributed by atoms with Crippen LogP contribution in [0.3, 0.4) is 0 Å². The first-order chi connectivity index (χ1) is 11.2. The highest BCUT2D eigenvalue weighted by Gasteiger charge is 2.25. The summed E-state index contributed by atoms with van der Waals surface area (Å²) in [6.07, 6.45) is 2.21. The van der Waals surface area contributed by atoms with Crippen molar-refractivity contribution >= 4 is 23.4 Å². The molecule has 0 radical (unpaired) electrons. The van der Waals surface area contributed by atoms with Gasteiger partial charge in [0.1, 0.15) is 0 Å². The van der Waals surface area contributed by atoms with Crippen LogP contribution in [-0.4, -0.2) is 47.8 Å². The molecule has 2 heterocycles. The van der Waals surface area contributed by atoms with E-state index in [4.69, 9.17) is 16.0 Å². The van der Waals surface area contributed by atoms with Crippen molar-refractivity contribution in [1.29, 1.82) is 0 Å². The zero-order valence-corrected chi connectivity index (χ0v) is 13.3. The highest BCUT2D eigenvalue weighted by atomic mass is 35.5. The highest BCUT2D eigenvalue weighted by molar-refractivity contribution is 6.33. The Balaban J connectivity index is 1.68. The molecule has 0 spiro atoms. The Hall–Kier alpha value is -2.27. The third-order valence-electron chi connectivity index (χ3n) is 3.91. The summed E-state index contributed by atoms with van der Waals surface area (Å²) in [5.41, 5.74) is 0.500. The summed E-state index contributed by atoms with van der Waals surface area (Å²) in [5.74, 6) is 0.0980. The summed E-state index contributed by atoms with van der Waals surface area (Å²) >= 11 is 6.10. The lowest BCUT2D eigenvalue weighted by atomic mass is 10.2. The number of carbonyl (C=O) groups is 2. The van der Waals surface area contributed by atoms with Gasteiger partial charge in [0.25, 0.3) is 11.8 Å². The van der Waals surface area contributed by atoms with Gasteiger partial charge >= 0.3 is 0 Å². The van der Waals surface area contributed by atoms with Crippen LogP contribution < -0.4 is 0 Å². The molecule has 2 aromatic rings. The third kappa shape index (κ3) is 3.40. The predicted molar refractivity (Wildman–Crippen MR) is 86.6 cm³/mol. The lowest BCUT2D eigenvalue weighted by Gasteiger charge is -2.22. The fourth-order valence-electron chi connectivity index (χ4n) is 2.68. The van der Waals surface area contributed by atoms with Crippen LogP contribution in [0.2, 0.25) is 5.02 Å². The number of furan rings is 1. The van der Waals surface area contributed by atoms with Crippen molar-refractivity contribution in [2.75, 3.05) is 26.2 Å². The number of hydrogen-bond donors (Lipinski definition) is 0. The Bertz CT molecular complexity index is 700. The molecule has 2 amide bonds. The molecule has 1 aliphatic heterocycles. The number of hydrogen-bond acceptors (Lipinski definition) is 3. The summed E-state index contributed by atoms with van der Waals surface area (Å²) in [6.45, 7) is 2.17. The molecule has 1 fully saturated rings. The number of amides is 2. The maximum atomic E-state index is 12.6. The van der Waals surface area contributed by atoms with Gasteiger partial charge in [0.2, 0.25) is 0 Å². The van der Waals surface area contributed by atoms with Crippen LogP contribution in [0.5, 0.6) is 0 Å².